The summed E-state index contributed by atoms with van der Waals surface area (Å²) in [5.41, 5.74) is 0. The van der Waals surface area contributed by atoms with E-state index in [9.17, 15) is 0 Å². The van der Waals surface area contributed by atoms with E-state index in [2.05, 4.69) is 44.5 Å². The maximum Gasteiger partial charge on any atom is 0.0783 e. The van der Waals surface area contributed by atoms with E-state index >= 15 is 0 Å². The van der Waals surface area contributed by atoms with Gasteiger partial charge in [0.15, 0.2) is 0 Å². The van der Waals surface area contributed by atoms with Crippen LogP contribution in [0, 0.1) is 29.6 Å². The molecule has 0 radical (unpaired) electrons. The molecular formula is C15H24. The van der Waals surface area contributed by atoms with Crippen LogP contribution in [-0.4, -0.2) is 0 Å². The molecule has 0 N–H and O–H groups in total. The topological polar surface area (TPSA) is 0 Å². The Balaban J connectivity index is 3.60. The molecule has 0 heteroatoms. The predicted molar refractivity (Wildman–Crippen MR) is 68.4 cm³/mol. The molecule has 15 heavy (non-hydrogen) atoms. The summed E-state index contributed by atoms with van der Waals surface area (Å²) in [6, 6.07) is 0. The fourth-order valence-electron chi connectivity index (χ4n) is 1.22. The lowest BCUT2D eigenvalue weighted by atomic mass is 10.1. The first-order valence-corrected chi connectivity index (χ1v) is 6.28. The molecule has 0 amide bonds. The van der Waals surface area contributed by atoms with Crippen molar-refractivity contribution in [1.82, 2.24) is 0 Å². The molecule has 0 aliphatic carbocycles. The van der Waals surface area contributed by atoms with Crippen molar-refractivity contribution in [2.75, 3.05) is 0 Å². The van der Waals surface area contributed by atoms with Crippen molar-refractivity contribution in [3.8, 4) is 23.7 Å². The number of hydrogen-bond acceptors (Lipinski definition) is 0. The summed E-state index contributed by atoms with van der Waals surface area (Å²) in [7, 11) is 0. The molecule has 84 valence electrons. The van der Waals surface area contributed by atoms with Gasteiger partial charge in [-0.3, -0.25) is 0 Å². The molecule has 0 aliphatic rings. The van der Waals surface area contributed by atoms with Crippen LogP contribution in [-0.2, 0) is 0 Å². The van der Waals surface area contributed by atoms with Crippen LogP contribution in [0.3, 0.4) is 0 Å². The monoisotopic (exact) mass is 204 g/mol. The van der Waals surface area contributed by atoms with Gasteiger partial charge < -0.3 is 0 Å². The third-order valence-electron chi connectivity index (χ3n) is 2.20. The lowest BCUT2D eigenvalue weighted by Crippen LogP contribution is -1.84. The van der Waals surface area contributed by atoms with E-state index in [-0.39, 0.29) is 5.92 Å². The maximum absolute atomic E-state index is 3.21. The molecule has 0 saturated carbocycles. The van der Waals surface area contributed by atoms with Crippen LogP contribution in [0.5, 0.6) is 0 Å². The van der Waals surface area contributed by atoms with Gasteiger partial charge in [-0.15, -0.1) is 11.8 Å². The van der Waals surface area contributed by atoms with Gasteiger partial charge in [0.05, 0.1) is 5.92 Å². The Kier molecular flexibility index (Phi) is 10.5. The number of unbranched alkanes of at least 4 members (excludes halogenated alkanes) is 5. The maximum atomic E-state index is 3.21. The van der Waals surface area contributed by atoms with E-state index in [0.29, 0.717) is 0 Å². The van der Waals surface area contributed by atoms with Crippen molar-refractivity contribution in [1.29, 1.82) is 0 Å². The van der Waals surface area contributed by atoms with Gasteiger partial charge in [-0.25, -0.2) is 0 Å². The van der Waals surface area contributed by atoms with Crippen LogP contribution < -0.4 is 0 Å². The first-order valence-electron chi connectivity index (χ1n) is 6.28. The molecule has 0 saturated heterocycles. The molecule has 1 unspecified atom stereocenters. The van der Waals surface area contributed by atoms with Gasteiger partial charge in [0.2, 0.25) is 0 Å². The third kappa shape index (κ3) is 11.0. The Labute approximate surface area is 95.8 Å². The summed E-state index contributed by atoms with van der Waals surface area (Å²) < 4.78 is 0. The van der Waals surface area contributed by atoms with Gasteiger partial charge in [-0.05, 0) is 19.8 Å². The van der Waals surface area contributed by atoms with Gasteiger partial charge in [0.25, 0.3) is 0 Å². The molecule has 0 aromatic rings. The van der Waals surface area contributed by atoms with Crippen LogP contribution in [0.1, 0.15) is 65.7 Å². The Morgan fingerprint density at radius 2 is 1.33 bits per heavy atom. The molecule has 0 aromatic carbocycles. The van der Waals surface area contributed by atoms with Crippen molar-refractivity contribution in [2.45, 2.75) is 65.7 Å². The standard InChI is InChI=1S/C15H24/c1-4-6-8-10-12-14-15(3)13-11-9-7-5-2/h15H,4-10H2,1-3H3. The van der Waals surface area contributed by atoms with E-state index in [0.717, 1.165) is 12.8 Å². The minimum absolute atomic E-state index is 0.253. The highest BCUT2D eigenvalue weighted by Crippen LogP contribution is 1.98. The van der Waals surface area contributed by atoms with Crippen LogP contribution in [0.15, 0.2) is 0 Å². The number of hydrogen-bond donors (Lipinski definition) is 0. The average molecular weight is 204 g/mol. The molecule has 0 aromatic heterocycles. The fraction of sp³-hybridized carbons (Fsp3) is 0.733. The molecule has 0 nitrogen and oxygen atoms in total. The predicted octanol–water partition coefficient (Wildman–Crippen LogP) is 4.40. The average Bonchev–Trinajstić information content (AvgIpc) is 2.24. The lowest BCUT2D eigenvalue weighted by Gasteiger charge is -1.91. The smallest absolute Gasteiger partial charge is 0.0783 e. The third-order valence-corrected chi connectivity index (χ3v) is 2.20. The van der Waals surface area contributed by atoms with Gasteiger partial charge >= 0.3 is 0 Å². The van der Waals surface area contributed by atoms with Gasteiger partial charge in [0, 0.05) is 12.8 Å². The van der Waals surface area contributed by atoms with E-state index < -0.39 is 0 Å². The zero-order valence-electron chi connectivity index (χ0n) is 10.5. The van der Waals surface area contributed by atoms with Crippen molar-refractivity contribution in [2.24, 2.45) is 5.92 Å². The van der Waals surface area contributed by atoms with Crippen molar-refractivity contribution < 1.29 is 0 Å². The molecule has 0 bridgehead atoms. The van der Waals surface area contributed by atoms with Crippen molar-refractivity contribution >= 4 is 0 Å². The van der Waals surface area contributed by atoms with Gasteiger partial charge in [0.1, 0.15) is 0 Å². The van der Waals surface area contributed by atoms with E-state index in [1.165, 1.54) is 32.1 Å². The minimum atomic E-state index is 0.253. The normalized spacial score (nSPS) is 10.9. The van der Waals surface area contributed by atoms with E-state index in [1.807, 2.05) is 0 Å². The molecule has 0 fully saturated rings. The number of rotatable bonds is 5. The Morgan fingerprint density at radius 1 is 0.800 bits per heavy atom. The summed E-state index contributed by atoms with van der Waals surface area (Å²) in [4.78, 5) is 0. The molecule has 0 rings (SSSR count). The van der Waals surface area contributed by atoms with Crippen LogP contribution in [0.2, 0.25) is 0 Å². The first-order chi connectivity index (χ1) is 7.31. The molecule has 0 spiro atoms. The highest BCUT2D eigenvalue weighted by molar-refractivity contribution is 5.16. The van der Waals surface area contributed by atoms with Crippen LogP contribution in [0.25, 0.3) is 0 Å². The first kappa shape index (κ1) is 14.1. The van der Waals surface area contributed by atoms with Crippen LogP contribution in [0.4, 0.5) is 0 Å². The van der Waals surface area contributed by atoms with Crippen molar-refractivity contribution in [3.05, 3.63) is 0 Å². The Bertz CT molecular complexity index is 241. The van der Waals surface area contributed by atoms with Gasteiger partial charge in [-0.2, -0.15) is 0 Å². The summed E-state index contributed by atoms with van der Waals surface area (Å²) >= 11 is 0. The molecular weight excluding hydrogens is 180 g/mol. The lowest BCUT2D eigenvalue weighted by molar-refractivity contribution is 0.736. The largest absolute Gasteiger partial charge is 0.102 e. The fourth-order valence-corrected chi connectivity index (χ4v) is 1.22. The Hall–Kier alpha value is -0.880. The Morgan fingerprint density at radius 3 is 1.87 bits per heavy atom. The zero-order valence-corrected chi connectivity index (χ0v) is 10.5. The zero-order chi connectivity index (χ0) is 11.4. The summed E-state index contributed by atoms with van der Waals surface area (Å²) in [5.74, 6) is 13.0. The SMILES string of the molecule is CCCCC#CC(C)C#CCCCCC. The quantitative estimate of drug-likeness (QED) is 0.460. The van der Waals surface area contributed by atoms with Gasteiger partial charge in [-0.1, -0.05) is 45.0 Å². The molecule has 0 heterocycles. The van der Waals surface area contributed by atoms with Crippen molar-refractivity contribution in [3.63, 3.8) is 0 Å². The second-order valence-electron chi connectivity index (χ2n) is 3.92. The summed E-state index contributed by atoms with van der Waals surface area (Å²) in [6.07, 6.45) is 8.31. The second-order valence-corrected chi connectivity index (χ2v) is 3.92. The summed E-state index contributed by atoms with van der Waals surface area (Å²) in [6.45, 7) is 6.50. The molecule has 1 atom stereocenters. The van der Waals surface area contributed by atoms with E-state index in [4.69, 9.17) is 0 Å². The highest BCUT2D eigenvalue weighted by atomic mass is 13.9. The minimum Gasteiger partial charge on any atom is -0.102 e. The summed E-state index contributed by atoms with van der Waals surface area (Å²) in [5, 5.41) is 0. The second kappa shape index (κ2) is 11.2. The molecule has 0 aliphatic heterocycles. The van der Waals surface area contributed by atoms with E-state index in [1.54, 1.807) is 0 Å². The van der Waals surface area contributed by atoms with Crippen LogP contribution >= 0.6 is 0 Å². The highest BCUT2D eigenvalue weighted by Gasteiger charge is 1.87.